The monoisotopic (exact) mass is 330 g/mol. The van der Waals surface area contributed by atoms with E-state index in [0.717, 1.165) is 49.9 Å². The highest BCUT2D eigenvalue weighted by Crippen LogP contribution is 2.39. The molecule has 1 N–H and O–H groups in total. The molecule has 2 aliphatic rings. The number of carboxylic acids is 1. The highest BCUT2D eigenvalue weighted by molar-refractivity contribution is 7.91. The van der Waals surface area contributed by atoms with Crippen LogP contribution in [-0.4, -0.2) is 41.4 Å². The summed E-state index contributed by atoms with van der Waals surface area (Å²) in [5, 5.41) is 9.11. The third-order valence-electron chi connectivity index (χ3n) is 4.47. The van der Waals surface area contributed by atoms with Crippen molar-refractivity contribution in [1.82, 2.24) is 9.29 Å². The average molecular weight is 330 g/mol. The first kappa shape index (κ1) is 14.9. The van der Waals surface area contributed by atoms with Crippen LogP contribution < -0.4 is 0 Å². The number of aromatic carboxylic acids is 1. The maximum atomic E-state index is 12.9. The molecule has 0 radical (unpaired) electrons. The van der Waals surface area contributed by atoms with E-state index in [1.807, 2.05) is 0 Å². The third-order valence-corrected chi connectivity index (χ3v) is 7.74. The average Bonchev–Trinajstić information content (AvgIpc) is 2.97. The lowest BCUT2D eigenvalue weighted by atomic mass is 9.79. The van der Waals surface area contributed by atoms with Gasteiger partial charge in [0.1, 0.15) is 0 Å². The van der Waals surface area contributed by atoms with Gasteiger partial charge in [0.15, 0.2) is 9.90 Å². The molecule has 0 spiro atoms. The second-order valence-corrected chi connectivity index (χ2v) is 8.60. The Labute approximate surface area is 127 Å². The first-order chi connectivity index (χ1) is 10.0. The fourth-order valence-electron chi connectivity index (χ4n) is 3.54. The molecule has 0 amide bonds. The van der Waals surface area contributed by atoms with Gasteiger partial charge in [-0.25, -0.2) is 18.2 Å². The summed E-state index contributed by atoms with van der Waals surface area (Å²) in [5.41, 5.74) is 0.941. The maximum absolute atomic E-state index is 12.9. The van der Waals surface area contributed by atoms with Crippen LogP contribution in [0, 0.1) is 5.92 Å². The lowest BCUT2D eigenvalue weighted by Crippen LogP contribution is -2.49. The number of hydrogen-bond donors (Lipinski definition) is 1. The molecule has 1 aliphatic carbocycles. The largest absolute Gasteiger partial charge is 0.476 e. The second kappa shape index (κ2) is 5.66. The van der Waals surface area contributed by atoms with Crippen molar-refractivity contribution in [2.45, 2.75) is 48.8 Å². The van der Waals surface area contributed by atoms with Crippen molar-refractivity contribution in [1.29, 1.82) is 0 Å². The van der Waals surface area contributed by atoms with Crippen molar-refractivity contribution in [3.05, 3.63) is 11.2 Å². The van der Waals surface area contributed by atoms with Crippen LogP contribution in [-0.2, 0) is 10.0 Å². The molecule has 2 unspecified atom stereocenters. The van der Waals surface area contributed by atoms with E-state index < -0.39 is 16.0 Å². The predicted octanol–water partition coefficient (Wildman–Crippen LogP) is 2.18. The second-order valence-electron chi connectivity index (χ2n) is 5.66. The first-order valence-electron chi connectivity index (χ1n) is 7.20. The van der Waals surface area contributed by atoms with Crippen LogP contribution in [0.2, 0.25) is 0 Å². The van der Waals surface area contributed by atoms with Gasteiger partial charge in [-0.2, -0.15) is 4.31 Å². The van der Waals surface area contributed by atoms with E-state index in [9.17, 15) is 13.2 Å². The van der Waals surface area contributed by atoms with Gasteiger partial charge >= 0.3 is 5.97 Å². The Morgan fingerprint density at radius 1 is 1.29 bits per heavy atom. The van der Waals surface area contributed by atoms with E-state index in [-0.39, 0.29) is 15.9 Å². The van der Waals surface area contributed by atoms with Crippen molar-refractivity contribution in [3.63, 3.8) is 0 Å². The minimum Gasteiger partial charge on any atom is -0.476 e. The topological polar surface area (TPSA) is 87.6 Å². The van der Waals surface area contributed by atoms with E-state index in [4.69, 9.17) is 5.11 Å². The SMILES string of the molecule is O=C(O)c1ncsc1S(=O)(=O)N1CCCC2CCCCC21. The Hall–Kier alpha value is -0.990. The Morgan fingerprint density at radius 2 is 2.00 bits per heavy atom. The molecule has 2 atom stereocenters. The standard InChI is InChI=1S/C13H18N2O4S2/c16-12(17)11-13(20-8-14-11)21(18,19)15-7-3-5-9-4-1-2-6-10(9)15/h8-10H,1-7H2,(H,16,17). The molecule has 1 aromatic rings. The molecular formula is C13H18N2O4S2. The van der Waals surface area contributed by atoms with Crippen LogP contribution in [0.25, 0.3) is 0 Å². The number of thiazole rings is 1. The molecule has 3 rings (SSSR count). The number of nitrogens with zero attached hydrogens (tertiary/aromatic N) is 2. The van der Waals surface area contributed by atoms with Crippen LogP contribution in [0.5, 0.6) is 0 Å². The van der Waals surface area contributed by atoms with E-state index >= 15 is 0 Å². The van der Waals surface area contributed by atoms with Crippen molar-refractivity contribution >= 4 is 27.3 Å². The molecule has 1 aliphatic heterocycles. The smallest absolute Gasteiger partial charge is 0.356 e. The van der Waals surface area contributed by atoms with Gasteiger partial charge < -0.3 is 5.11 Å². The predicted molar refractivity (Wildman–Crippen MR) is 77.9 cm³/mol. The van der Waals surface area contributed by atoms with Crippen LogP contribution in [0.4, 0.5) is 0 Å². The minimum absolute atomic E-state index is 0.0289. The Balaban J connectivity index is 1.97. The van der Waals surface area contributed by atoms with Crippen LogP contribution in [0.3, 0.4) is 0 Å². The number of aromatic nitrogens is 1. The van der Waals surface area contributed by atoms with E-state index in [1.54, 1.807) is 4.31 Å². The molecule has 1 aromatic heterocycles. The Kier molecular flexibility index (Phi) is 4.02. The molecule has 116 valence electrons. The summed E-state index contributed by atoms with van der Waals surface area (Å²) >= 11 is 0.896. The fraction of sp³-hybridized carbons (Fsp3) is 0.692. The zero-order valence-electron chi connectivity index (χ0n) is 11.6. The number of carboxylic acid groups (broad SMARTS) is 1. The molecule has 0 bridgehead atoms. The molecule has 1 saturated carbocycles. The quantitative estimate of drug-likeness (QED) is 0.918. The summed E-state index contributed by atoms with van der Waals surface area (Å²) in [5.74, 6) is -0.865. The van der Waals surface area contributed by atoms with Crippen molar-refractivity contribution in [2.24, 2.45) is 5.92 Å². The van der Waals surface area contributed by atoms with Gasteiger partial charge in [-0.1, -0.05) is 12.8 Å². The zero-order valence-corrected chi connectivity index (χ0v) is 13.2. The summed E-state index contributed by atoms with van der Waals surface area (Å²) in [7, 11) is -3.76. The number of rotatable bonds is 3. The molecule has 2 heterocycles. The molecule has 0 aromatic carbocycles. The van der Waals surface area contributed by atoms with E-state index in [0.29, 0.717) is 12.5 Å². The van der Waals surface area contributed by atoms with E-state index in [1.165, 1.54) is 5.51 Å². The molecule has 6 nitrogen and oxygen atoms in total. The molecule has 1 saturated heterocycles. The molecular weight excluding hydrogens is 312 g/mol. The summed E-state index contributed by atoms with van der Waals surface area (Å²) in [6.07, 6.45) is 6.08. The van der Waals surface area contributed by atoms with Gasteiger partial charge in [-0.05, 0) is 31.6 Å². The van der Waals surface area contributed by atoms with Gasteiger partial charge in [0, 0.05) is 12.6 Å². The van der Waals surface area contributed by atoms with Gasteiger partial charge in [-0.15, -0.1) is 11.3 Å². The molecule has 21 heavy (non-hydrogen) atoms. The number of hydrogen-bond acceptors (Lipinski definition) is 5. The highest BCUT2D eigenvalue weighted by atomic mass is 32.2. The van der Waals surface area contributed by atoms with Crippen molar-refractivity contribution in [2.75, 3.05) is 6.54 Å². The fourth-order valence-corrected chi connectivity index (χ4v) is 6.55. The maximum Gasteiger partial charge on any atom is 0.356 e. The van der Waals surface area contributed by atoms with Crippen LogP contribution >= 0.6 is 11.3 Å². The van der Waals surface area contributed by atoms with Gasteiger partial charge in [0.2, 0.25) is 0 Å². The lowest BCUT2D eigenvalue weighted by Gasteiger charge is -2.42. The highest BCUT2D eigenvalue weighted by Gasteiger charge is 2.42. The van der Waals surface area contributed by atoms with E-state index in [2.05, 4.69) is 4.98 Å². The third kappa shape index (κ3) is 2.60. The lowest BCUT2D eigenvalue weighted by molar-refractivity contribution is 0.0686. The van der Waals surface area contributed by atoms with Crippen LogP contribution in [0.15, 0.2) is 9.72 Å². The Bertz CT molecular complexity index is 638. The van der Waals surface area contributed by atoms with Gasteiger partial charge in [-0.3, -0.25) is 0 Å². The molecule has 2 fully saturated rings. The van der Waals surface area contributed by atoms with Gasteiger partial charge in [0.05, 0.1) is 5.51 Å². The van der Waals surface area contributed by atoms with Crippen molar-refractivity contribution < 1.29 is 18.3 Å². The summed E-state index contributed by atoms with van der Waals surface area (Å²) in [6.45, 7) is 0.487. The van der Waals surface area contributed by atoms with Gasteiger partial charge in [0.25, 0.3) is 10.0 Å². The summed E-state index contributed by atoms with van der Waals surface area (Å²) in [6, 6.07) is 0.0289. The number of carbonyl (C=O) groups is 1. The Morgan fingerprint density at radius 3 is 2.76 bits per heavy atom. The number of piperidine rings is 1. The van der Waals surface area contributed by atoms with Crippen molar-refractivity contribution in [3.8, 4) is 0 Å². The summed E-state index contributed by atoms with van der Waals surface area (Å²) < 4.78 is 27.1. The summed E-state index contributed by atoms with van der Waals surface area (Å²) in [4.78, 5) is 14.9. The number of sulfonamides is 1. The van der Waals surface area contributed by atoms with Crippen LogP contribution in [0.1, 0.15) is 49.0 Å². The first-order valence-corrected chi connectivity index (χ1v) is 9.52. The number of fused-ring (bicyclic) bond motifs is 1. The molecule has 8 heteroatoms. The zero-order chi connectivity index (χ0) is 15.0. The normalized spacial score (nSPS) is 27.2. The minimum atomic E-state index is -3.76.